The minimum absolute atomic E-state index is 0.138. The fourth-order valence-corrected chi connectivity index (χ4v) is 3.54. The number of para-hydroxylation sites is 1. The summed E-state index contributed by atoms with van der Waals surface area (Å²) in [4.78, 5) is 42.9. The van der Waals surface area contributed by atoms with Gasteiger partial charge in [-0.1, -0.05) is 18.2 Å². The molecule has 2 N–H and O–H groups in total. The quantitative estimate of drug-likeness (QED) is 0.273. The van der Waals surface area contributed by atoms with Crippen LogP contribution in [0.5, 0.6) is 0 Å². The van der Waals surface area contributed by atoms with Crippen molar-refractivity contribution in [3.63, 3.8) is 0 Å². The van der Waals surface area contributed by atoms with E-state index in [0.29, 0.717) is 34.0 Å². The zero-order valence-corrected chi connectivity index (χ0v) is 16.7. The molecule has 4 rings (SSSR count). The van der Waals surface area contributed by atoms with Gasteiger partial charge < -0.3 is 13.7 Å². The minimum atomic E-state index is -0.660. The van der Waals surface area contributed by atoms with E-state index in [2.05, 4.69) is 10.0 Å². The zero-order chi connectivity index (χ0) is 22.0. The predicted molar refractivity (Wildman–Crippen MR) is 116 cm³/mol. The highest BCUT2D eigenvalue weighted by Gasteiger charge is 2.19. The summed E-state index contributed by atoms with van der Waals surface area (Å²) in [5.41, 5.74) is 0.536. The Balaban J connectivity index is 1.95. The van der Waals surface area contributed by atoms with Gasteiger partial charge in [0.1, 0.15) is 16.9 Å². The van der Waals surface area contributed by atoms with E-state index in [1.807, 2.05) is 17.0 Å². The third-order valence-corrected chi connectivity index (χ3v) is 5.04. The summed E-state index contributed by atoms with van der Waals surface area (Å²) in [7, 11) is 1.80. The number of nitrogens with two attached hydrogens (primary N) is 1. The minimum Gasteiger partial charge on any atom is -0.422 e. The van der Waals surface area contributed by atoms with Gasteiger partial charge in [0.15, 0.2) is 0 Å². The van der Waals surface area contributed by atoms with Crippen LogP contribution in [0, 0.1) is 4.91 Å². The number of nitrogens with zero attached hydrogens (tertiary/aromatic N) is 2. The van der Waals surface area contributed by atoms with Crippen LogP contribution in [0.3, 0.4) is 0 Å². The second-order valence-electron chi connectivity index (χ2n) is 7.10. The van der Waals surface area contributed by atoms with Crippen LogP contribution in [0.15, 0.2) is 72.1 Å². The van der Waals surface area contributed by atoms with Crippen molar-refractivity contribution in [1.82, 2.24) is 4.90 Å². The van der Waals surface area contributed by atoms with Crippen molar-refractivity contribution in [2.75, 3.05) is 20.2 Å². The topological polar surface area (TPSA) is 128 Å². The summed E-state index contributed by atoms with van der Waals surface area (Å²) in [5, 5.41) is 4.28. The number of hydrogen-bond donors (Lipinski definition) is 1. The van der Waals surface area contributed by atoms with Crippen LogP contribution < -0.4 is 17.1 Å². The maximum atomic E-state index is 12.7. The molecular formula is C22H19N3O6. The van der Waals surface area contributed by atoms with Gasteiger partial charge in [0, 0.05) is 41.1 Å². The molecule has 0 bridgehead atoms. The normalized spacial score (nSPS) is 11.5. The number of hydrogen-bond acceptors (Lipinski definition) is 9. The molecule has 9 nitrogen and oxygen atoms in total. The molecule has 2 aromatic heterocycles. The molecular weight excluding hydrogens is 402 g/mol. The van der Waals surface area contributed by atoms with Crippen LogP contribution in [0.25, 0.3) is 33.1 Å². The third kappa shape index (κ3) is 4.02. The number of fused-ring (bicyclic) bond motifs is 2. The maximum absolute atomic E-state index is 12.7. The molecule has 0 saturated heterocycles. The number of likely N-dealkylation sites (N-methyl/N-ethyl adjacent to an activating group) is 1. The highest BCUT2D eigenvalue weighted by atomic mass is 16.6. The lowest BCUT2D eigenvalue weighted by Crippen LogP contribution is -2.24. The fraction of sp³-hybridized carbons (Fsp3) is 0.182. The van der Waals surface area contributed by atoms with Crippen LogP contribution in [0.4, 0.5) is 5.69 Å². The molecule has 0 atom stereocenters. The van der Waals surface area contributed by atoms with Crippen LogP contribution in [-0.4, -0.2) is 25.1 Å². The van der Waals surface area contributed by atoms with Crippen LogP contribution in [0.2, 0.25) is 0 Å². The van der Waals surface area contributed by atoms with Gasteiger partial charge in [-0.25, -0.2) is 15.5 Å². The summed E-state index contributed by atoms with van der Waals surface area (Å²) in [5.74, 6) is 5.08. The fourth-order valence-electron chi connectivity index (χ4n) is 3.54. The molecule has 0 radical (unpaired) electrons. The van der Waals surface area contributed by atoms with Gasteiger partial charge in [-0.3, -0.25) is 4.90 Å². The SMILES string of the molecule is CN(CCON)Cc1c(N=O)ccc2c(-c3cc4ccccc4oc3=O)cc(=O)oc12. The molecule has 2 heterocycles. The smallest absolute Gasteiger partial charge is 0.344 e. The Labute approximate surface area is 175 Å². The molecule has 0 unspecified atom stereocenters. The van der Waals surface area contributed by atoms with E-state index in [0.717, 1.165) is 0 Å². The summed E-state index contributed by atoms with van der Waals surface area (Å²) < 4.78 is 10.9. The van der Waals surface area contributed by atoms with Crippen LogP contribution >= 0.6 is 0 Å². The Morgan fingerprint density at radius 2 is 1.87 bits per heavy atom. The van der Waals surface area contributed by atoms with Gasteiger partial charge in [0.25, 0.3) is 0 Å². The maximum Gasteiger partial charge on any atom is 0.344 e. The molecule has 0 fully saturated rings. The first kappa shape index (κ1) is 20.6. The first-order valence-corrected chi connectivity index (χ1v) is 9.48. The number of rotatable bonds is 7. The highest BCUT2D eigenvalue weighted by Crippen LogP contribution is 2.34. The second kappa shape index (κ2) is 8.60. The molecule has 0 aliphatic heterocycles. The van der Waals surface area contributed by atoms with Crippen molar-refractivity contribution >= 4 is 27.6 Å². The van der Waals surface area contributed by atoms with Crippen molar-refractivity contribution in [2.24, 2.45) is 11.1 Å². The molecule has 0 aliphatic carbocycles. The van der Waals surface area contributed by atoms with E-state index in [9.17, 15) is 14.5 Å². The third-order valence-electron chi connectivity index (χ3n) is 5.04. The first-order valence-electron chi connectivity index (χ1n) is 9.48. The van der Waals surface area contributed by atoms with Crippen LogP contribution in [0.1, 0.15) is 5.56 Å². The van der Waals surface area contributed by atoms with Crippen molar-refractivity contribution < 1.29 is 13.7 Å². The van der Waals surface area contributed by atoms with E-state index in [1.165, 1.54) is 12.1 Å². The van der Waals surface area contributed by atoms with Crippen LogP contribution in [-0.2, 0) is 11.4 Å². The largest absolute Gasteiger partial charge is 0.422 e. The second-order valence-corrected chi connectivity index (χ2v) is 7.10. The lowest BCUT2D eigenvalue weighted by atomic mass is 9.99. The lowest BCUT2D eigenvalue weighted by molar-refractivity contribution is 0.112. The van der Waals surface area contributed by atoms with E-state index in [1.54, 1.807) is 31.3 Å². The van der Waals surface area contributed by atoms with Gasteiger partial charge >= 0.3 is 11.3 Å². The predicted octanol–water partition coefficient (Wildman–Crippen LogP) is 3.29. The summed E-state index contributed by atoms with van der Waals surface area (Å²) in [6.07, 6.45) is 0. The Morgan fingerprint density at radius 1 is 1.06 bits per heavy atom. The first-order chi connectivity index (χ1) is 15.0. The molecule has 4 aromatic rings. The molecule has 0 aliphatic rings. The van der Waals surface area contributed by atoms with Gasteiger partial charge in [-0.2, -0.15) is 0 Å². The van der Waals surface area contributed by atoms with Gasteiger partial charge in [0.05, 0.1) is 12.2 Å². The van der Waals surface area contributed by atoms with Crippen molar-refractivity contribution in [1.29, 1.82) is 0 Å². The van der Waals surface area contributed by atoms with Crippen molar-refractivity contribution in [2.45, 2.75) is 6.54 Å². The monoisotopic (exact) mass is 421 g/mol. The highest BCUT2D eigenvalue weighted by molar-refractivity contribution is 5.97. The van der Waals surface area contributed by atoms with Gasteiger partial charge in [0.2, 0.25) is 0 Å². The van der Waals surface area contributed by atoms with E-state index in [4.69, 9.17) is 14.7 Å². The van der Waals surface area contributed by atoms with Gasteiger partial charge in [-0.05, 0) is 36.5 Å². The molecule has 9 heteroatoms. The van der Waals surface area contributed by atoms with Gasteiger partial charge in [-0.15, -0.1) is 4.91 Å². The van der Waals surface area contributed by atoms with Crippen molar-refractivity contribution in [3.05, 3.63) is 79.8 Å². The summed E-state index contributed by atoms with van der Waals surface area (Å²) in [6, 6.07) is 13.1. The average Bonchev–Trinajstić information content (AvgIpc) is 2.77. The number of benzene rings is 2. The Kier molecular flexibility index (Phi) is 5.72. The zero-order valence-electron chi connectivity index (χ0n) is 16.7. The van der Waals surface area contributed by atoms with E-state index in [-0.39, 0.29) is 30.0 Å². The van der Waals surface area contributed by atoms with E-state index >= 15 is 0 Å². The summed E-state index contributed by atoms with van der Waals surface area (Å²) >= 11 is 0. The lowest BCUT2D eigenvalue weighted by Gasteiger charge is -2.18. The molecule has 0 spiro atoms. The molecule has 0 saturated carbocycles. The summed E-state index contributed by atoms with van der Waals surface area (Å²) in [6.45, 7) is 1.00. The number of nitroso groups, excluding NO2 is 1. The van der Waals surface area contributed by atoms with E-state index < -0.39 is 11.3 Å². The molecule has 0 amide bonds. The average molecular weight is 421 g/mol. The van der Waals surface area contributed by atoms with Crippen molar-refractivity contribution in [3.8, 4) is 11.1 Å². The molecule has 158 valence electrons. The molecule has 2 aromatic carbocycles. The molecule has 31 heavy (non-hydrogen) atoms. The Bertz CT molecular complexity index is 1390. The Hall–Kier alpha value is -3.66. The standard InChI is InChI=1S/C22H19N3O6/c1-25(8-9-29-23)12-17-18(24-28)7-6-14-15(11-20(26)31-21(14)17)16-10-13-4-2-3-5-19(13)30-22(16)27/h2-7,10-11H,8-9,12,23H2,1H3. The Morgan fingerprint density at radius 3 is 2.65 bits per heavy atom.